The predicted octanol–water partition coefficient (Wildman–Crippen LogP) is 3.86. The maximum Gasteiger partial charge on any atom is 0.310 e. The highest BCUT2D eigenvalue weighted by Gasteiger charge is 2.11. The van der Waals surface area contributed by atoms with Crippen LogP contribution in [0.5, 0.6) is 0 Å². The van der Waals surface area contributed by atoms with Gasteiger partial charge in [0.15, 0.2) is 6.61 Å². The third kappa shape index (κ3) is 5.23. The molecule has 23 heavy (non-hydrogen) atoms. The average Bonchev–Trinajstić information content (AvgIpc) is 2.51. The number of esters is 1. The molecule has 0 atom stereocenters. The van der Waals surface area contributed by atoms with E-state index >= 15 is 0 Å². The number of ether oxygens (including phenoxy) is 1. The molecule has 0 aromatic heterocycles. The fraction of sp³-hybridized carbons (Fsp3) is 0.125. The van der Waals surface area contributed by atoms with Crippen molar-refractivity contribution >= 4 is 40.8 Å². The lowest BCUT2D eigenvalue weighted by Crippen LogP contribution is -2.21. The maximum atomic E-state index is 13.0. The van der Waals surface area contributed by atoms with Gasteiger partial charge in [-0.3, -0.25) is 9.59 Å². The monoisotopic (exact) mass is 355 g/mol. The Morgan fingerprint density at radius 2 is 1.83 bits per heavy atom. The Morgan fingerprint density at radius 3 is 2.52 bits per heavy atom. The minimum atomic E-state index is -0.587. The summed E-state index contributed by atoms with van der Waals surface area (Å²) in [6.07, 6.45) is -0.0324. The summed E-state index contributed by atoms with van der Waals surface area (Å²) in [6.45, 7) is -0.460. The number of carbonyl (C=O) groups is 2. The number of carbonyl (C=O) groups excluding carboxylic acids is 2. The van der Waals surface area contributed by atoms with E-state index in [1.807, 2.05) is 0 Å². The Bertz CT molecular complexity index is 737. The highest BCUT2D eigenvalue weighted by atomic mass is 35.5. The van der Waals surface area contributed by atoms with E-state index in [4.69, 9.17) is 27.9 Å². The van der Waals surface area contributed by atoms with Gasteiger partial charge in [0.2, 0.25) is 0 Å². The molecule has 1 amide bonds. The van der Waals surface area contributed by atoms with Crippen LogP contribution in [0.1, 0.15) is 5.56 Å². The zero-order valence-corrected chi connectivity index (χ0v) is 13.3. The zero-order chi connectivity index (χ0) is 16.8. The first-order valence-corrected chi connectivity index (χ1v) is 7.35. The summed E-state index contributed by atoms with van der Waals surface area (Å²) < 4.78 is 17.9. The largest absolute Gasteiger partial charge is 0.455 e. The third-order valence-corrected chi connectivity index (χ3v) is 3.52. The van der Waals surface area contributed by atoms with Crippen molar-refractivity contribution < 1.29 is 18.7 Å². The predicted molar refractivity (Wildman–Crippen MR) is 86.2 cm³/mol. The van der Waals surface area contributed by atoms with Crippen molar-refractivity contribution in [2.24, 2.45) is 0 Å². The van der Waals surface area contributed by atoms with Gasteiger partial charge < -0.3 is 10.1 Å². The lowest BCUT2D eigenvalue weighted by atomic mass is 10.1. The zero-order valence-electron chi connectivity index (χ0n) is 11.8. The molecule has 0 unspecified atom stereocenters. The second-order valence-electron chi connectivity index (χ2n) is 4.61. The van der Waals surface area contributed by atoms with Crippen LogP contribution in [0.15, 0.2) is 42.5 Å². The van der Waals surface area contributed by atoms with Crippen molar-refractivity contribution in [2.45, 2.75) is 6.42 Å². The molecule has 0 heterocycles. The van der Waals surface area contributed by atoms with Crippen LogP contribution in [-0.4, -0.2) is 18.5 Å². The molecule has 0 radical (unpaired) electrons. The van der Waals surface area contributed by atoms with Crippen molar-refractivity contribution in [1.82, 2.24) is 0 Å². The summed E-state index contributed by atoms with van der Waals surface area (Å²) in [5.74, 6) is -1.72. The molecule has 2 aromatic rings. The molecular formula is C16H12Cl2FNO3. The van der Waals surface area contributed by atoms with Crippen LogP contribution in [-0.2, 0) is 20.7 Å². The topological polar surface area (TPSA) is 55.4 Å². The standard InChI is InChI=1S/C16H12Cl2FNO3/c17-12-4-2-1-3-10(12)7-16(22)23-9-15(21)20-11-5-6-14(19)13(18)8-11/h1-6,8H,7,9H2,(H,20,21). The Labute approximate surface area is 142 Å². The second kappa shape index (κ2) is 7.94. The maximum absolute atomic E-state index is 13.0. The summed E-state index contributed by atoms with van der Waals surface area (Å²) in [6, 6.07) is 10.6. The van der Waals surface area contributed by atoms with Gasteiger partial charge >= 0.3 is 5.97 Å². The highest BCUT2D eigenvalue weighted by Crippen LogP contribution is 2.19. The molecule has 0 saturated carbocycles. The second-order valence-corrected chi connectivity index (χ2v) is 5.42. The molecule has 0 saturated heterocycles. The van der Waals surface area contributed by atoms with E-state index in [1.54, 1.807) is 24.3 Å². The molecule has 4 nitrogen and oxygen atoms in total. The van der Waals surface area contributed by atoms with E-state index in [1.165, 1.54) is 12.1 Å². The number of rotatable bonds is 5. The summed E-state index contributed by atoms with van der Waals surface area (Å²) in [4.78, 5) is 23.4. The first-order chi connectivity index (χ1) is 11.0. The van der Waals surface area contributed by atoms with E-state index in [0.717, 1.165) is 6.07 Å². The Balaban J connectivity index is 1.83. The number of hydrogen-bond donors (Lipinski definition) is 1. The number of hydrogen-bond acceptors (Lipinski definition) is 3. The molecular weight excluding hydrogens is 344 g/mol. The Kier molecular flexibility index (Phi) is 5.96. The van der Waals surface area contributed by atoms with E-state index in [2.05, 4.69) is 5.32 Å². The van der Waals surface area contributed by atoms with Gasteiger partial charge in [-0.15, -0.1) is 0 Å². The molecule has 0 bridgehead atoms. The molecule has 120 valence electrons. The minimum absolute atomic E-state index is 0.0324. The summed E-state index contributed by atoms with van der Waals surface area (Å²) >= 11 is 11.5. The lowest BCUT2D eigenvalue weighted by Gasteiger charge is -2.08. The van der Waals surface area contributed by atoms with E-state index < -0.39 is 24.3 Å². The van der Waals surface area contributed by atoms with Gasteiger partial charge in [0.05, 0.1) is 11.4 Å². The fourth-order valence-electron chi connectivity index (χ4n) is 1.77. The van der Waals surface area contributed by atoms with Gasteiger partial charge in [0.25, 0.3) is 5.91 Å². The van der Waals surface area contributed by atoms with Crippen molar-refractivity contribution in [3.8, 4) is 0 Å². The number of nitrogens with one attached hydrogen (secondary N) is 1. The molecule has 2 rings (SSSR count). The van der Waals surface area contributed by atoms with Gasteiger partial charge in [0.1, 0.15) is 5.82 Å². The first kappa shape index (κ1) is 17.2. The van der Waals surface area contributed by atoms with Gasteiger partial charge in [-0.2, -0.15) is 0 Å². The van der Waals surface area contributed by atoms with Crippen molar-refractivity contribution in [3.63, 3.8) is 0 Å². The number of anilines is 1. The van der Waals surface area contributed by atoms with Gasteiger partial charge in [-0.05, 0) is 29.8 Å². The lowest BCUT2D eigenvalue weighted by molar-refractivity contribution is -0.146. The molecule has 0 aliphatic heterocycles. The van der Waals surface area contributed by atoms with Crippen LogP contribution in [0.2, 0.25) is 10.0 Å². The Hall–Kier alpha value is -2.11. The number of halogens is 3. The molecule has 1 N–H and O–H groups in total. The van der Waals surface area contributed by atoms with Crippen molar-refractivity contribution in [3.05, 3.63) is 63.9 Å². The van der Waals surface area contributed by atoms with Crippen LogP contribution in [0.3, 0.4) is 0 Å². The molecule has 0 spiro atoms. The first-order valence-electron chi connectivity index (χ1n) is 6.59. The summed E-state index contributed by atoms with van der Waals surface area (Å²) in [5, 5.41) is 2.79. The molecule has 2 aromatic carbocycles. The van der Waals surface area contributed by atoms with Crippen LogP contribution in [0, 0.1) is 5.82 Å². The van der Waals surface area contributed by atoms with Crippen LogP contribution >= 0.6 is 23.2 Å². The SMILES string of the molecule is O=C(COC(=O)Cc1ccccc1Cl)Nc1ccc(F)c(Cl)c1. The molecule has 0 aliphatic rings. The number of amides is 1. The van der Waals surface area contributed by atoms with Gasteiger partial charge in [-0.1, -0.05) is 41.4 Å². The van der Waals surface area contributed by atoms with Gasteiger partial charge in [0, 0.05) is 10.7 Å². The quantitative estimate of drug-likeness (QED) is 0.828. The van der Waals surface area contributed by atoms with Crippen LogP contribution in [0.4, 0.5) is 10.1 Å². The third-order valence-electron chi connectivity index (χ3n) is 2.86. The summed E-state index contributed by atoms with van der Waals surface area (Å²) in [7, 11) is 0. The molecule has 7 heteroatoms. The number of benzene rings is 2. The fourth-order valence-corrected chi connectivity index (χ4v) is 2.15. The van der Waals surface area contributed by atoms with Crippen molar-refractivity contribution in [1.29, 1.82) is 0 Å². The van der Waals surface area contributed by atoms with E-state index in [0.29, 0.717) is 16.3 Å². The average molecular weight is 356 g/mol. The van der Waals surface area contributed by atoms with Gasteiger partial charge in [-0.25, -0.2) is 4.39 Å². The normalized spacial score (nSPS) is 10.2. The van der Waals surface area contributed by atoms with Crippen molar-refractivity contribution in [2.75, 3.05) is 11.9 Å². The molecule has 0 aliphatic carbocycles. The highest BCUT2D eigenvalue weighted by molar-refractivity contribution is 6.31. The minimum Gasteiger partial charge on any atom is -0.455 e. The Morgan fingerprint density at radius 1 is 1.09 bits per heavy atom. The van der Waals surface area contributed by atoms with E-state index in [9.17, 15) is 14.0 Å². The van der Waals surface area contributed by atoms with Crippen LogP contribution in [0.25, 0.3) is 0 Å². The smallest absolute Gasteiger partial charge is 0.310 e. The summed E-state index contributed by atoms with van der Waals surface area (Å²) in [5.41, 5.74) is 0.924. The van der Waals surface area contributed by atoms with Crippen LogP contribution < -0.4 is 5.32 Å². The molecule has 0 fully saturated rings. The van der Waals surface area contributed by atoms with E-state index in [-0.39, 0.29) is 11.4 Å².